The number of aryl methyl sites for hydroxylation is 1. The quantitative estimate of drug-likeness (QED) is 0.545. The van der Waals surface area contributed by atoms with Crippen molar-refractivity contribution in [3.63, 3.8) is 0 Å². The second kappa shape index (κ2) is 8.79. The van der Waals surface area contributed by atoms with E-state index in [1.54, 1.807) is 46.4 Å². The predicted molar refractivity (Wildman–Crippen MR) is 114 cm³/mol. The van der Waals surface area contributed by atoms with Gasteiger partial charge in [-0.25, -0.2) is 0 Å². The third-order valence-corrected chi connectivity index (χ3v) is 5.67. The first-order valence-corrected chi connectivity index (χ1v) is 10.4. The first-order valence-electron chi connectivity index (χ1n) is 9.99. The molecule has 1 saturated carbocycles. The molecule has 2 aromatic heterocycles. The molecule has 2 heterocycles. The molecule has 7 heteroatoms. The summed E-state index contributed by atoms with van der Waals surface area (Å²) >= 11 is 6.24. The van der Waals surface area contributed by atoms with Gasteiger partial charge in [-0.2, -0.15) is 0 Å². The van der Waals surface area contributed by atoms with Crippen LogP contribution in [0.4, 0.5) is 0 Å². The third kappa shape index (κ3) is 4.60. The number of nitrogens with zero attached hydrogens (tertiary/aromatic N) is 3. The molecule has 0 radical (unpaired) electrons. The molecule has 4 rings (SSSR count). The molecular weight excluding hydrogens is 402 g/mol. The summed E-state index contributed by atoms with van der Waals surface area (Å²) < 4.78 is 7.44. The van der Waals surface area contributed by atoms with Crippen molar-refractivity contribution in [1.29, 1.82) is 0 Å². The molecule has 1 aliphatic carbocycles. The summed E-state index contributed by atoms with van der Waals surface area (Å²) in [6, 6.07) is 14.6. The van der Waals surface area contributed by atoms with Crippen LogP contribution in [0, 0.1) is 0 Å². The standard InChI is InChI=1S/C23H24ClN3O3/c1-25-12-4-6-18(25)14-26(15-19-7-5-13-30-19)22(28)16-27(17-10-11-17)23(29)20-8-2-3-9-21(20)24/h2-9,12-13,17H,10-11,14-16H2,1H3. The summed E-state index contributed by atoms with van der Waals surface area (Å²) in [5.74, 6) is 0.376. The first kappa shape index (κ1) is 20.3. The topological polar surface area (TPSA) is 58.7 Å². The summed E-state index contributed by atoms with van der Waals surface area (Å²) in [7, 11) is 1.95. The van der Waals surface area contributed by atoms with E-state index in [0.717, 1.165) is 18.5 Å². The van der Waals surface area contributed by atoms with Gasteiger partial charge in [-0.05, 0) is 49.2 Å². The fourth-order valence-corrected chi connectivity index (χ4v) is 3.68. The molecule has 30 heavy (non-hydrogen) atoms. The second-order valence-electron chi connectivity index (χ2n) is 7.58. The molecule has 0 spiro atoms. The number of rotatable bonds is 8. The summed E-state index contributed by atoms with van der Waals surface area (Å²) in [5.41, 5.74) is 1.43. The maximum Gasteiger partial charge on any atom is 0.256 e. The van der Waals surface area contributed by atoms with Crippen LogP contribution in [0.25, 0.3) is 0 Å². The van der Waals surface area contributed by atoms with Crippen molar-refractivity contribution in [2.24, 2.45) is 7.05 Å². The number of carbonyl (C=O) groups excluding carboxylic acids is 2. The van der Waals surface area contributed by atoms with Crippen molar-refractivity contribution in [3.05, 3.63) is 83.0 Å². The van der Waals surface area contributed by atoms with Crippen molar-refractivity contribution in [2.45, 2.75) is 32.0 Å². The van der Waals surface area contributed by atoms with E-state index in [2.05, 4.69) is 0 Å². The van der Waals surface area contributed by atoms with Gasteiger partial charge in [-0.1, -0.05) is 23.7 Å². The van der Waals surface area contributed by atoms with Crippen LogP contribution in [0.2, 0.25) is 5.02 Å². The Morgan fingerprint density at radius 3 is 2.53 bits per heavy atom. The van der Waals surface area contributed by atoms with Gasteiger partial charge in [0, 0.05) is 25.0 Å². The molecule has 0 N–H and O–H groups in total. The number of furan rings is 1. The lowest BCUT2D eigenvalue weighted by molar-refractivity contribution is -0.133. The van der Waals surface area contributed by atoms with Gasteiger partial charge in [-0.3, -0.25) is 9.59 Å². The fraction of sp³-hybridized carbons (Fsp3) is 0.304. The highest BCUT2D eigenvalue weighted by molar-refractivity contribution is 6.33. The lowest BCUT2D eigenvalue weighted by atomic mass is 10.2. The Balaban J connectivity index is 1.54. The normalized spacial score (nSPS) is 13.3. The molecule has 0 unspecified atom stereocenters. The Bertz CT molecular complexity index is 1020. The summed E-state index contributed by atoms with van der Waals surface area (Å²) in [4.78, 5) is 29.8. The molecule has 1 aliphatic rings. The molecule has 0 atom stereocenters. The fourth-order valence-electron chi connectivity index (χ4n) is 3.47. The van der Waals surface area contributed by atoms with Crippen LogP contribution in [0.5, 0.6) is 0 Å². The van der Waals surface area contributed by atoms with E-state index in [1.807, 2.05) is 36.0 Å². The van der Waals surface area contributed by atoms with E-state index in [9.17, 15) is 9.59 Å². The minimum absolute atomic E-state index is 0.0137. The van der Waals surface area contributed by atoms with Crippen molar-refractivity contribution < 1.29 is 14.0 Å². The van der Waals surface area contributed by atoms with Crippen molar-refractivity contribution in [1.82, 2.24) is 14.4 Å². The molecule has 0 aliphatic heterocycles. The van der Waals surface area contributed by atoms with Gasteiger partial charge in [0.25, 0.3) is 5.91 Å². The van der Waals surface area contributed by atoms with Crippen LogP contribution in [0.15, 0.2) is 65.4 Å². The number of amides is 2. The molecular formula is C23H24ClN3O3. The minimum atomic E-state index is -0.201. The second-order valence-corrected chi connectivity index (χ2v) is 7.99. The van der Waals surface area contributed by atoms with Crippen LogP contribution < -0.4 is 0 Å². The Labute approximate surface area is 180 Å². The third-order valence-electron chi connectivity index (χ3n) is 5.34. The summed E-state index contributed by atoms with van der Waals surface area (Å²) in [6.45, 7) is 0.789. The monoisotopic (exact) mass is 425 g/mol. The molecule has 0 saturated heterocycles. The van der Waals surface area contributed by atoms with Gasteiger partial charge < -0.3 is 18.8 Å². The van der Waals surface area contributed by atoms with Gasteiger partial charge >= 0.3 is 0 Å². The number of carbonyl (C=O) groups is 2. The zero-order valence-electron chi connectivity index (χ0n) is 16.8. The highest BCUT2D eigenvalue weighted by Crippen LogP contribution is 2.30. The minimum Gasteiger partial charge on any atom is -0.467 e. The van der Waals surface area contributed by atoms with Crippen LogP contribution in [0.3, 0.4) is 0 Å². The lowest BCUT2D eigenvalue weighted by Crippen LogP contribution is -2.43. The van der Waals surface area contributed by atoms with Crippen LogP contribution in [0.1, 0.15) is 34.7 Å². The van der Waals surface area contributed by atoms with Gasteiger partial charge in [0.05, 0.1) is 29.9 Å². The van der Waals surface area contributed by atoms with E-state index in [1.165, 1.54) is 0 Å². The average Bonchev–Trinajstić information content (AvgIpc) is 3.30. The maximum absolute atomic E-state index is 13.3. The highest BCUT2D eigenvalue weighted by atomic mass is 35.5. The van der Waals surface area contributed by atoms with E-state index < -0.39 is 0 Å². The summed E-state index contributed by atoms with van der Waals surface area (Å²) in [6.07, 6.45) is 5.35. The Morgan fingerprint density at radius 1 is 1.10 bits per heavy atom. The van der Waals surface area contributed by atoms with Crippen LogP contribution in [-0.2, 0) is 24.9 Å². The lowest BCUT2D eigenvalue weighted by Gasteiger charge is -2.27. The first-order chi connectivity index (χ1) is 14.5. The molecule has 6 nitrogen and oxygen atoms in total. The van der Waals surface area contributed by atoms with Crippen molar-refractivity contribution in [3.8, 4) is 0 Å². The largest absolute Gasteiger partial charge is 0.467 e. The number of halogens is 1. The molecule has 156 valence electrons. The molecule has 1 fully saturated rings. The van der Waals surface area contributed by atoms with Gasteiger partial charge in [0.2, 0.25) is 5.91 Å². The van der Waals surface area contributed by atoms with E-state index in [0.29, 0.717) is 29.4 Å². The molecule has 0 bridgehead atoms. The number of aromatic nitrogens is 1. The zero-order valence-corrected chi connectivity index (χ0v) is 17.6. The van der Waals surface area contributed by atoms with Crippen molar-refractivity contribution in [2.75, 3.05) is 6.54 Å². The highest BCUT2D eigenvalue weighted by Gasteiger charge is 2.36. The van der Waals surface area contributed by atoms with Crippen molar-refractivity contribution >= 4 is 23.4 Å². The molecule has 3 aromatic rings. The number of benzene rings is 1. The zero-order chi connectivity index (χ0) is 21.1. The van der Waals surface area contributed by atoms with E-state index in [-0.39, 0.29) is 24.4 Å². The van der Waals surface area contributed by atoms with E-state index >= 15 is 0 Å². The van der Waals surface area contributed by atoms with Gasteiger partial charge in [0.1, 0.15) is 12.3 Å². The molecule has 1 aromatic carbocycles. The average molecular weight is 426 g/mol. The van der Waals surface area contributed by atoms with Crippen LogP contribution in [-0.4, -0.2) is 38.8 Å². The Hall–Kier alpha value is -2.99. The smallest absolute Gasteiger partial charge is 0.256 e. The Morgan fingerprint density at radius 2 is 1.90 bits per heavy atom. The number of hydrogen-bond acceptors (Lipinski definition) is 3. The Kier molecular flexibility index (Phi) is 5.95. The predicted octanol–water partition coefficient (Wildman–Crippen LogP) is 4.11. The van der Waals surface area contributed by atoms with Crippen LogP contribution >= 0.6 is 11.6 Å². The van der Waals surface area contributed by atoms with Gasteiger partial charge in [0.15, 0.2) is 0 Å². The van der Waals surface area contributed by atoms with E-state index in [4.69, 9.17) is 16.0 Å². The summed E-state index contributed by atoms with van der Waals surface area (Å²) in [5, 5.41) is 0.400. The molecule has 2 amide bonds. The number of hydrogen-bond donors (Lipinski definition) is 0. The maximum atomic E-state index is 13.3. The van der Waals surface area contributed by atoms with Gasteiger partial charge in [-0.15, -0.1) is 0 Å². The SMILES string of the molecule is Cn1cccc1CN(Cc1ccco1)C(=O)CN(C(=O)c1ccccc1Cl)C1CC1.